The number of phosphoric ester groups is 1. The molecule has 3 aromatic carbocycles. The van der Waals surface area contributed by atoms with Crippen LogP contribution in [0.25, 0.3) is 0 Å². The van der Waals surface area contributed by atoms with Gasteiger partial charge in [0.15, 0.2) is 0 Å². The average molecular weight is 920 g/mol. The van der Waals surface area contributed by atoms with E-state index in [1.54, 1.807) is 21.1 Å². The van der Waals surface area contributed by atoms with Crippen LogP contribution in [0.4, 0.5) is 0 Å². The highest BCUT2D eigenvalue weighted by molar-refractivity contribution is 7.48. The number of nitrogens with one attached hydrogen (secondary N) is 2. The maximum Gasteiger partial charge on any atom is 0.475 e. The van der Waals surface area contributed by atoms with Crippen molar-refractivity contribution in [3.05, 3.63) is 161 Å². The minimum atomic E-state index is -4.60. The SMILES string of the molecule is COc1ccc(C(OC[C@H]2O[C@@H](n3cc(C)c(=O)[nH]c3=O)C[C@@H]2OP(=O)(OCCCCN)OC[C@H]2O[C@@H](n3cc(C)c(=O)[nH]c3=O)C[C@@H]2O)(c2ccccc2)c2ccc(OC)cc2)cc1. The van der Waals surface area contributed by atoms with Crippen LogP contribution in [0.15, 0.2) is 110 Å². The minimum absolute atomic E-state index is 0.0433. The Morgan fingerprint density at radius 3 is 1.78 bits per heavy atom. The summed E-state index contributed by atoms with van der Waals surface area (Å²) in [5.41, 5.74) is 4.54. The summed E-state index contributed by atoms with van der Waals surface area (Å²) < 4.78 is 66.1. The minimum Gasteiger partial charge on any atom is -0.497 e. The molecule has 7 rings (SSSR count). The number of aliphatic hydroxyl groups excluding tert-OH is 1. The third-order valence-corrected chi connectivity index (χ3v) is 12.9. The van der Waals surface area contributed by atoms with Crippen LogP contribution >= 0.6 is 7.82 Å². The van der Waals surface area contributed by atoms with Gasteiger partial charge in [0.05, 0.1) is 40.1 Å². The molecule has 0 aliphatic carbocycles. The molecule has 2 aliphatic rings. The van der Waals surface area contributed by atoms with E-state index in [-0.39, 0.29) is 37.2 Å². The normalized spacial score (nSPS) is 21.9. The number of benzene rings is 3. The van der Waals surface area contributed by atoms with Gasteiger partial charge in [0.1, 0.15) is 47.9 Å². The van der Waals surface area contributed by atoms with Crippen molar-refractivity contribution >= 4 is 7.82 Å². The lowest BCUT2D eigenvalue weighted by Gasteiger charge is -2.37. The number of hydrogen-bond donors (Lipinski definition) is 4. The van der Waals surface area contributed by atoms with Gasteiger partial charge < -0.3 is 34.5 Å². The number of aryl methyl sites for hydroxylation is 2. The predicted octanol–water partition coefficient (Wildman–Crippen LogP) is 3.93. The molecule has 0 saturated carbocycles. The standard InChI is InChI=1S/C45H54N5O14P/c1-28-24-49(43(54)47-41(28)52)39-22-35(51)37(62-39)27-61-65(56,60-21-9-8-20-46)64-36-23-40(50-25-29(2)42(53)48-44(50)55)63-38(36)26-59-45(30-10-6-5-7-11-30,31-12-16-33(57-3)17-13-31)32-14-18-34(58-4)19-15-32/h5-7,10-19,24-25,35-40,51H,8-9,20-23,26-27,46H2,1-4H3,(H,47,52,54)(H,48,53,55)/t35-,36-,37+,38+,39+,40+,65?/m0/s1. The van der Waals surface area contributed by atoms with Gasteiger partial charge >= 0.3 is 19.2 Å². The highest BCUT2D eigenvalue weighted by Gasteiger charge is 2.47. The molecule has 5 N–H and O–H groups in total. The van der Waals surface area contributed by atoms with E-state index in [1.165, 1.54) is 23.9 Å². The van der Waals surface area contributed by atoms with Gasteiger partial charge in [0.25, 0.3) is 11.1 Å². The number of rotatable bonds is 20. The van der Waals surface area contributed by atoms with Crippen LogP contribution in [0.5, 0.6) is 11.5 Å². The van der Waals surface area contributed by atoms with Gasteiger partial charge in [-0.05, 0) is 74.2 Å². The van der Waals surface area contributed by atoms with E-state index in [2.05, 4.69) is 9.97 Å². The Morgan fingerprint density at radius 2 is 1.25 bits per heavy atom. The van der Waals surface area contributed by atoms with Crippen LogP contribution in [-0.2, 0) is 37.9 Å². The molecule has 1 unspecified atom stereocenters. The first kappa shape index (κ1) is 47.5. The third-order valence-electron chi connectivity index (χ3n) is 11.4. The highest BCUT2D eigenvalue weighted by Crippen LogP contribution is 2.54. The Hall–Kier alpha value is -5.47. The molecular weight excluding hydrogens is 865 g/mol. The second kappa shape index (κ2) is 20.8. The number of ether oxygens (including phenoxy) is 5. The summed E-state index contributed by atoms with van der Waals surface area (Å²) in [6.07, 6.45) is -2.97. The first-order valence-corrected chi connectivity index (χ1v) is 22.6. The van der Waals surface area contributed by atoms with E-state index in [0.717, 1.165) is 21.3 Å². The number of aliphatic hydroxyl groups is 1. The summed E-state index contributed by atoms with van der Waals surface area (Å²) in [5.74, 6) is 1.24. The maximum atomic E-state index is 14.9. The molecule has 2 saturated heterocycles. The van der Waals surface area contributed by atoms with Gasteiger partial charge in [-0.2, -0.15) is 0 Å². The molecule has 65 heavy (non-hydrogen) atoms. The Balaban J connectivity index is 1.23. The van der Waals surface area contributed by atoms with Crippen LogP contribution in [0.3, 0.4) is 0 Å². The Kier molecular flexibility index (Phi) is 15.2. The Morgan fingerprint density at radius 1 is 0.723 bits per heavy atom. The van der Waals surface area contributed by atoms with Gasteiger partial charge in [0, 0.05) is 36.4 Å². The number of phosphoric acid groups is 1. The van der Waals surface area contributed by atoms with Crippen molar-refractivity contribution in [3.8, 4) is 11.5 Å². The van der Waals surface area contributed by atoms with Crippen molar-refractivity contribution < 1.29 is 46.9 Å². The van der Waals surface area contributed by atoms with Crippen LogP contribution < -0.4 is 37.7 Å². The molecule has 2 aromatic heterocycles. The molecule has 0 amide bonds. The summed E-state index contributed by atoms with van der Waals surface area (Å²) in [6.45, 7) is 2.62. The van der Waals surface area contributed by atoms with Crippen LogP contribution in [0, 0.1) is 13.8 Å². The molecule has 0 bridgehead atoms. The Labute approximate surface area is 373 Å². The maximum absolute atomic E-state index is 14.9. The first-order chi connectivity index (χ1) is 31.3. The van der Waals surface area contributed by atoms with Gasteiger partial charge in [-0.1, -0.05) is 54.6 Å². The van der Waals surface area contributed by atoms with E-state index in [9.17, 15) is 28.8 Å². The molecule has 4 heterocycles. The molecule has 7 atom stereocenters. The molecule has 2 aliphatic heterocycles. The molecule has 0 radical (unpaired) electrons. The number of methoxy groups -OCH3 is 2. The largest absolute Gasteiger partial charge is 0.497 e. The third kappa shape index (κ3) is 10.6. The second-order valence-electron chi connectivity index (χ2n) is 15.8. The summed E-state index contributed by atoms with van der Waals surface area (Å²) in [5, 5.41) is 11.0. The monoisotopic (exact) mass is 919 g/mol. The summed E-state index contributed by atoms with van der Waals surface area (Å²) in [4.78, 5) is 54.9. The first-order valence-electron chi connectivity index (χ1n) is 21.2. The molecule has 5 aromatic rings. The van der Waals surface area contributed by atoms with Gasteiger partial charge in [0.2, 0.25) is 0 Å². The molecule has 20 heteroatoms. The van der Waals surface area contributed by atoms with Crippen molar-refractivity contribution in [2.75, 3.05) is 40.6 Å². The topological polar surface area (TPSA) is 247 Å². The number of nitrogens with two attached hydrogens (primary N) is 1. The number of H-pyrrole nitrogens is 2. The smallest absolute Gasteiger partial charge is 0.475 e. The quantitative estimate of drug-likeness (QED) is 0.0491. The van der Waals surface area contributed by atoms with Crippen molar-refractivity contribution in [1.82, 2.24) is 19.1 Å². The molecule has 348 valence electrons. The zero-order valence-corrected chi connectivity index (χ0v) is 37.3. The second-order valence-corrected chi connectivity index (χ2v) is 17.4. The van der Waals surface area contributed by atoms with E-state index in [4.69, 9.17) is 43.0 Å². The van der Waals surface area contributed by atoms with E-state index >= 15 is 0 Å². The van der Waals surface area contributed by atoms with Crippen molar-refractivity contribution in [2.45, 2.75) is 82.0 Å². The lowest BCUT2D eigenvalue weighted by Crippen LogP contribution is -2.38. The molecular formula is C45H54N5O14P. The van der Waals surface area contributed by atoms with Gasteiger partial charge in [-0.3, -0.25) is 42.3 Å². The van der Waals surface area contributed by atoms with Crippen LogP contribution in [0.1, 0.15) is 66.0 Å². The van der Waals surface area contributed by atoms with E-state index in [0.29, 0.717) is 30.9 Å². The van der Waals surface area contributed by atoms with Crippen molar-refractivity contribution in [2.24, 2.45) is 5.73 Å². The fourth-order valence-corrected chi connectivity index (χ4v) is 9.33. The zero-order chi connectivity index (χ0) is 46.3. The fourth-order valence-electron chi connectivity index (χ4n) is 7.90. The number of hydrogen-bond acceptors (Lipinski definition) is 15. The van der Waals surface area contributed by atoms with Crippen LogP contribution in [0.2, 0.25) is 0 Å². The zero-order valence-electron chi connectivity index (χ0n) is 36.5. The van der Waals surface area contributed by atoms with Crippen LogP contribution in [-0.4, -0.2) is 89.2 Å². The fraction of sp³-hybridized carbons (Fsp3) is 0.422. The molecule has 2 fully saturated rings. The number of nitrogens with zero attached hydrogens (tertiary/aromatic N) is 2. The summed E-state index contributed by atoms with van der Waals surface area (Å²) in [6, 6.07) is 24.4. The predicted molar refractivity (Wildman–Crippen MR) is 236 cm³/mol. The molecule has 0 spiro atoms. The highest BCUT2D eigenvalue weighted by atomic mass is 31.2. The van der Waals surface area contributed by atoms with E-state index < -0.39 is 79.4 Å². The Bertz CT molecular complexity index is 2620. The van der Waals surface area contributed by atoms with Crippen molar-refractivity contribution in [1.29, 1.82) is 0 Å². The summed E-state index contributed by atoms with van der Waals surface area (Å²) >= 11 is 0. The summed E-state index contributed by atoms with van der Waals surface area (Å²) in [7, 11) is -1.45. The number of aromatic nitrogens is 4. The van der Waals surface area contributed by atoms with Gasteiger partial charge in [-0.15, -0.1) is 0 Å². The molecule has 19 nitrogen and oxygen atoms in total. The lowest BCUT2D eigenvalue weighted by molar-refractivity contribution is -0.0961. The van der Waals surface area contributed by atoms with E-state index in [1.807, 2.05) is 78.9 Å². The van der Waals surface area contributed by atoms with Crippen molar-refractivity contribution in [3.63, 3.8) is 0 Å². The number of unbranched alkanes of at least 4 members (excludes halogenated alkanes) is 1. The number of aromatic amines is 2. The van der Waals surface area contributed by atoms with Gasteiger partial charge in [-0.25, -0.2) is 14.2 Å². The average Bonchev–Trinajstić information content (AvgIpc) is 3.89. The lowest BCUT2D eigenvalue weighted by atomic mass is 9.80.